The fourth-order valence-electron chi connectivity index (χ4n) is 3.41. The maximum atomic E-state index is 13.1. The van der Waals surface area contributed by atoms with Gasteiger partial charge < -0.3 is 14.2 Å². The van der Waals surface area contributed by atoms with Gasteiger partial charge in [-0.15, -0.1) is 0 Å². The van der Waals surface area contributed by atoms with Crippen LogP contribution >= 0.6 is 0 Å². The summed E-state index contributed by atoms with van der Waals surface area (Å²) in [4.78, 5) is 20.8. The molecule has 1 aromatic heterocycles. The first-order valence-electron chi connectivity index (χ1n) is 9.33. The average molecular weight is 390 g/mol. The maximum absolute atomic E-state index is 13.1. The van der Waals surface area contributed by atoms with Crippen LogP contribution in [-0.4, -0.2) is 42.0 Å². The number of piperazine rings is 1. The number of nitriles is 1. The quantitative estimate of drug-likeness (QED) is 0.683. The number of rotatable bonds is 3. The molecule has 1 fully saturated rings. The van der Waals surface area contributed by atoms with E-state index in [0.29, 0.717) is 43.2 Å². The second-order valence-electron chi connectivity index (χ2n) is 6.89. The molecule has 146 valence electrons. The third kappa shape index (κ3) is 3.69. The van der Waals surface area contributed by atoms with E-state index in [-0.39, 0.29) is 23.3 Å². The van der Waals surface area contributed by atoms with Gasteiger partial charge in [0, 0.05) is 37.3 Å². The molecule has 2 aromatic carbocycles. The lowest BCUT2D eigenvalue weighted by atomic mass is 10.1. The Bertz CT molecular complexity index is 1080. The molecule has 1 aliphatic rings. The number of carbonyl (C=O) groups excluding carboxylic acids is 1. The van der Waals surface area contributed by atoms with Crippen molar-refractivity contribution in [3.05, 3.63) is 71.2 Å². The van der Waals surface area contributed by atoms with Crippen molar-refractivity contribution in [3.8, 4) is 17.5 Å². The summed E-state index contributed by atoms with van der Waals surface area (Å²) in [6.45, 7) is 4.03. The number of halogens is 1. The second kappa shape index (κ2) is 7.76. The van der Waals surface area contributed by atoms with E-state index >= 15 is 0 Å². The van der Waals surface area contributed by atoms with Crippen molar-refractivity contribution in [1.29, 1.82) is 5.26 Å². The van der Waals surface area contributed by atoms with Crippen LogP contribution in [0.4, 0.5) is 10.3 Å². The number of oxazole rings is 1. The first-order valence-corrected chi connectivity index (χ1v) is 9.33. The standard InChI is InChI=1S/C22H19FN4O2/c1-15-4-2-3-5-18(15)21(28)26-10-12-27(13-11-26)22-19(14-24)25-20(29-22)16-6-8-17(23)9-7-16/h2-9H,10-13H2,1H3. The SMILES string of the molecule is Cc1ccccc1C(=O)N1CCN(c2oc(-c3ccc(F)cc3)nc2C#N)CC1. The van der Waals surface area contributed by atoms with E-state index in [2.05, 4.69) is 11.1 Å². The highest BCUT2D eigenvalue weighted by molar-refractivity contribution is 5.95. The van der Waals surface area contributed by atoms with Gasteiger partial charge in [-0.3, -0.25) is 4.79 Å². The molecule has 0 unspecified atom stereocenters. The Morgan fingerprint density at radius 2 is 1.79 bits per heavy atom. The van der Waals surface area contributed by atoms with Crippen molar-refractivity contribution in [3.63, 3.8) is 0 Å². The van der Waals surface area contributed by atoms with Crippen molar-refractivity contribution in [1.82, 2.24) is 9.88 Å². The van der Waals surface area contributed by atoms with Crippen LogP contribution in [0.2, 0.25) is 0 Å². The minimum absolute atomic E-state index is 0.00725. The van der Waals surface area contributed by atoms with Gasteiger partial charge in [0.1, 0.15) is 11.9 Å². The molecule has 4 rings (SSSR count). The minimum atomic E-state index is -0.351. The van der Waals surface area contributed by atoms with E-state index < -0.39 is 0 Å². The smallest absolute Gasteiger partial charge is 0.254 e. The van der Waals surface area contributed by atoms with Gasteiger partial charge in [0.05, 0.1) is 0 Å². The molecule has 0 N–H and O–H groups in total. The van der Waals surface area contributed by atoms with Crippen molar-refractivity contribution >= 4 is 11.8 Å². The highest BCUT2D eigenvalue weighted by Crippen LogP contribution is 2.29. The molecule has 3 aromatic rings. The molecule has 0 aliphatic carbocycles. The van der Waals surface area contributed by atoms with Gasteiger partial charge in [-0.1, -0.05) is 18.2 Å². The van der Waals surface area contributed by atoms with Crippen LogP contribution in [0.15, 0.2) is 52.9 Å². The van der Waals surface area contributed by atoms with Gasteiger partial charge in [-0.05, 0) is 42.8 Å². The summed E-state index contributed by atoms with van der Waals surface area (Å²) in [5, 5.41) is 9.45. The number of aryl methyl sites for hydroxylation is 1. The van der Waals surface area contributed by atoms with Gasteiger partial charge >= 0.3 is 0 Å². The summed E-state index contributed by atoms with van der Waals surface area (Å²) in [6, 6.07) is 15.4. The molecule has 6 nitrogen and oxygen atoms in total. The summed E-state index contributed by atoms with van der Waals surface area (Å²) in [6.07, 6.45) is 0. The summed E-state index contributed by atoms with van der Waals surface area (Å²) in [7, 11) is 0. The molecular formula is C22H19FN4O2. The van der Waals surface area contributed by atoms with Crippen LogP contribution in [0, 0.1) is 24.1 Å². The van der Waals surface area contributed by atoms with Crippen molar-refractivity contribution in [2.75, 3.05) is 31.1 Å². The van der Waals surface area contributed by atoms with E-state index in [1.54, 1.807) is 12.1 Å². The number of anilines is 1. The number of amides is 1. The number of hydrogen-bond acceptors (Lipinski definition) is 5. The summed E-state index contributed by atoms with van der Waals surface area (Å²) >= 11 is 0. The topological polar surface area (TPSA) is 73.4 Å². The lowest BCUT2D eigenvalue weighted by Crippen LogP contribution is -2.49. The van der Waals surface area contributed by atoms with E-state index in [1.165, 1.54) is 12.1 Å². The monoisotopic (exact) mass is 390 g/mol. The molecule has 1 saturated heterocycles. The number of aromatic nitrogens is 1. The fraction of sp³-hybridized carbons (Fsp3) is 0.227. The fourth-order valence-corrected chi connectivity index (χ4v) is 3.41. The van der Waals surface area contributed by atoms with Crippen LogP contribution in [0.1, 0.15) is 21.6 Å². The lowest BCUT2D eigenvalue weighted by Gasteiger charge is -2.34. The van der Waals surface area contributed by atoms with Crippen LogP contribution < -0.4 is 4.90 Å². The Labute approximate surface area is 167 Å². The number of carbonyl (C=O) groups is 1. The molecule has 1 aliphatic heterocycles. The zero-order chi connectivity index (χ0) is 20.4. The Balaban J connectivity index is 1.50. The predicted molar refractivity (Wildman–Crippen MR) is 106 cm³/mol. The molecule has 7 heteroatoms. The number of nitrogens with zero attached hydrogens (tertiary/aromatic N) is 4. The third-order valence-corrected chi connectivity index (χ3v) is 5.04. The van der Waals surface area contributed by atoms with Crippen molar-refractivity contribution in [2.45, 2.75) is 6.92 Å². The van der Waals surface area contributed by atoms with Gasteiger partial charge in [0.15, 0.2) is 0 Å². The van der Waals surface area contributed by atoms with Crippen LogP contribution in [0.5, 0.6) is 0 Å². The molecule has 1 amide bonds. The van der Waals surface area contributed by atoms with E-state index in [0.717, 1.165) is 5.56 Å². The predicted octanol–water partition coefficient (Wildman–Crippen LogP) is 3.62. The molecule has 0 spiro atoms. The minimum Gasteiger partial charge on any atom is -0.419 e. The molecule has 0 bridgehead atoms. The Morgan fingerprint density at radius 3 is 2.45 bits per heavy atom. The van der Waals surface area contributed by atoms with E-state index in [1.807, 2.05) is 41.0 Å². The molecule has 0 radical (unpaired) electrons. The zero-order valence-electron chi connectivity index (χ0n) is 15.9. The first kappa shape index (κ1) is 18.7. The van der Waals surface area contributed by atoms with Crippen molar-refractivity contribution in [2.24, 2.45) is 0 Å². The van der Waals surface area contributed by atoms with E-state index in [4.69, 9.17) is 4.42 Å². The Kier molecular flexibility index (Phi) is 5.00. The molecule has 2 heterocycles. The van der Waals surface area contributed by atoms with Gasteiger partial charge in [0.25, 0.3) is 5.91 Å². The van der Waals surface area contributed by atoms with Gasteiger partial charge in [0.2, 0.25) is 17.5 Å². The second-order valence-corrected chi connectivity index (χ2v) is 6.89. The number of hydrogen-bond donors (Lipinski definition) is 0. The first-order chi connectivity index (χ1) is 14.1. The molecule has 0 atom stereocenters. The molecular weight excluding hydrogens is 371 g/mol. The average Bonchev–Trinajstić information content (AvgIpc) is 3.19. The van der Waals surface area contributed by atoms with Gasteiger partial charge in [-0.2, -0.15) is 10.2 Å². The van der Waals surface area contributed by atoms with Gasteiger partial charge in [-0.25, -0.2) is 4.39 Å². The third-order valence-electron chi connectivity index (χ3n) is 5.04. The normalized spacial score (nSPS) is 14.0. The largest absolute Gasteiger partial charge is 0.419 e. The summed E-state index contributed by atoms with van der Waals surface area (Å²) in [5.41, 5.74) is 2.44. The Hall–Kier alpha value is -3.66. The van der Waals surface area contributed by atoms with Crippen LogP contribution in [0.3, 0.4) is 0 Å². The Morgan fingerprint density at radius 1 is 1.10 bits per heavy atom. The highest BCUT2D eigenvalue weighted by Gasteiger charge is 2.27. The van der Waals surface area contributed by atoms with Crippen molar-refractivity contribution < 1.29 is 13.6 Å². The van der Waals surface area contributed by atoms with Crippen LogP contribution in [-0.2, 0) is 0 Å². The summed E-state index contributed by atoms with van der Waals surface area (Å²) < 4.78 is 19.0. The highest BCUT2D eigenvalue weighted by atomic mass is 19.1. The number of benzene rings is 2. The summed E-state index contributed by atoms with van der Waals surface area (Å²) in [5.74, 6) is 0.313. The lowest BCUT2D eigenvalue weighted by molar-refractivity contribution is 0.0744. The van der Waals surface area contributed by atoms with E-state index in [9.17, 15) is 14.4 Å². The van der Waals surface area contributed by atoms with Crippen LogP contribution in [0.25, 0.3) is 11.5 Å². The molecule has 0 saturated carbocycles. The zero-order valence-corrected chi connectivity index (χ0v) is 15.9. The molecule has 29 heavy (non-hydrogen) atoms. The maximum Gasteiger partial charge on any atom is 0.254 e.